The van der Waals surface area contributed by atoms with Gasteiger partial charge >= 0.3 is 0 Å². The molecule has 0 fully saturated rings. The fraction of sp³-hybridized carbons (Fsp3) is 0.353. The van der Waals surface area contributed by atoms with E-state index in [4.69, 9.17) is 5.73 Å². The highest BCUT2D eigenvalue weighted by molar-refractivity contribution is 5.36. The zero-order valence-corrected chi connectivity index (χ0v) is 12.4. The summed E-state index contributed by atoms with van der Waals surface area (Å²) in [4.78, 5) is 12.7. The number of aryl methyl sites for hydroxylation is 2. The van der Waals surface area contributed by atoms with E-state index in [0.717, 1.165) is 29.8 Å². The molecule has 3 heteroatoms. The molecule has 0 aliphatic heterocycles. The lowest BCUT2D eigenvalue weighted by molar-refractivity contribution is 0.621. The Labute approximate surface area is 120 Å². The Morgan fingerprint density at radius 1 is 1.20 bits per heavy atom. The van der Waals surface area contributed by atoms with Crippen molar-refractivity contribution in [2.75, 3.05) is 0 Å². The third kappa shape index (κ3) is 2.68. The molecule has 0 aliphatic rings. The summed E-state index contributed by atoms with van der Waals surface area (Å²) in [6.07, 6.45) is 0.934. The maximum atomic E-state index is 12.7. The first-order valence-corrected chi connectivity index (χ1v) is 7.07. The van der Waals surface area contributed by atoms with Crippen molar-refractivity contribution < 1.29 is 0 Å². The van der Waals surface area contributed by atoms with Crippen molar-refractivity contribution in [3.05, 3.63) is 69.1 Å². The molecule has 0 saturated carbocycles. The van der Waals surface area contributed by atoms with E-state index in [1.165, 1.54) is 0 Å². The van der Waals surface area contributed by atoms with Gasteiger partial charge in [-0.3, -0.25) is 4.79 Å². The number of hydrogen-bond donors (Lipinski definition) is 1. The fourth-order valence-electron chi connectivity index (χ4n) is 2.65. The second kappa shape index (κ2) is 6.06. The minimum absolute atomic E-state index is 0.0423. The van der Waals surface area contributed by atoms with Crippen molar-refractivity contribution in [3.63, 3.8) is 0 Å². The summed E-state index contributed by atoms with van der Waals surface area (Å²) in [5, 5.41) is 0. The van der Waals surface area contributed by atoms with Gasteiger partial charge in [-0.2, -0.15) is 0 Å². The SMILES string of the molecule is CCCn1c(C)cc(C)c(C(N)c2ccccc2)c1=O. The maximum Gasteiger partial charge on any atom is 0.256 e. The summed E-state index contributed by atoms with van der Waals surface area (Å²) in [5.74, 6) is 0. The molecule has 2 rings (SSSR count). The minimum atomic E-state index is -0.368. The standard InChI is InChI=1S/C17H22N2O/c1-4-10-19-13(3)11-12(2)15(17(19)20)16(18)14-8-6-5-7-9-14/h5-9,11,16H,4,10,18H2,1-3H3. The third-order valence-electron chi connectivity index (χ3n) is 3.67. The van der Waals surface area contributed by atoms with Crippen LogP contribution >= 0.6 is 0 Å². The maximum absolute atomic E-state index is 12.7. The molecule has 0 saturated heterocycles. The van der Waals surface area contributed by atoms with Crippen molar-refractivity contribution in [2.24, 2.45) is 5.73 Å². The van der Waals surface area contributed by atoms with Gasteiger partial charge in [0.15, 0.2) is 0 Å². The van der Waals surface area contributed by atoms with E-state index in [0.29, 0.717) is 5.56 Å². The van der Waals surface area contributed by atoms with E-state index in [1.54, 1.807) is 0 Å². The Balaban J connectivity index is 2.57. The molecule has 0 radical (unpaired) electrons. The molecular weight excluding hydrogens is 248 g/mol. The molecule has 1 unspecified atom stereocenters. The Bertz CT molecular complexity index is 644. The van der Waals surface area contributed by atoms with Crippen LogP contribution in [-0.4, -0.2) is 4.57 Å². The van der Waals surface area contributed by atoms with E-state index in [2.05, 4.69) is 13.0 Å². The molecule has 1 atom stereocenters. The Morgan fingerprint density at radius 2 is 1.85 bits per heavy atom. The van der Waals surface area contributed by atoms with Crippen molar-refractivity contribution in [2.45, 2.75) is 39.8 Å². The first-order valence-electron chi connectivity index (χ1n) is 7.07. The van der Waals surface area contributed by atoms with Crippen LogP contribution in [0.5, 0.6) is 0 Å². The van der Waals surface area contributed by atoms with Gasteiger partial charge in [0.25, 0.3) is 5.56 Å². The van der Waals surface area contributed by atoms with E-state index in [9.17, 15) is 4.79 Å². The average Bonchev–Trinajstić information content (AvgIpc) is 2.44. The van der Waals surface area contributed by atoms with Gasteiger partial charge in [0, 0.05) is 17.8 Å². The van der Waals surface area contributed by atoms with E-state index in [-0.39, 0.29) is 11.6 Å². The van der Waals surface area contributed by atoms with Gasteiger partial charge < -0.3 is 10.3 Å². The normalized spacial score (nSPS) is 12.4. The van der Waals surface area contributed by atoms with Gasteiger partial charge in [-0.05, 0) is 37.5 Å². The monoisotopic (exact) mass is 270 g/mol. The average molecular weight is 270 g/mol. The molecule has 0 bridgehead atoms. The Morgan fingerprint density at radius 3 is 2.45 bits per heavy atom. The van der Waals surface area contributed by atoms with Crippen LogP contribution in [0.25, 0.3) is 0 Å². The third-order valence-corrected chi connectivity index (χ3v) is 3.67. The summed E-state index contributed by atoms with van der Waals surface area (Å²) in [6.45, 7) is 6.74. The summed E-state index contributed by atoms with van der Waals surface area (Å²) in [7, 11) is 0. The van der Waals surface area contributed by atoms with E-state index >= 15 is 0 Å². The van der Waals surface area contributed by atoms with Crippen LogP contribution < -0.4 is 11.3 Å². The van der Waals surface area contributed by atoms with Crippen LogP contribution in [0.2, 0.25) is 0 Å². The number of aromatic nitrogens is 1. The van der Waals surface area contributed by atoms with E-state index in [1.807, 2.05) is 48.7 Å². The fourth-order valence-corrected chi connectivity index (χ4v) is 2.65. The summed E-state index contributed by atoms with van der Waals surface area (Å²) < 4.78 is 1.82. The zero-order chi connectivity index (χ0) is 14.7. The molecule has 106 valence electrons. The number of nitrogens with two attached hydrogens (primary N) is 1. The Kier molecular flexibility index (Phi) is 4.40. The molecule has 20 heavy (non-hydrogen) atoms. The summed E-state index contributed by atoms with van der Waals surface area (Å²) in [6, 6.07) is 11.5. The number of rotatable bonds is 4. The molecule has 0 amide bonds. The molecule has 0 spiro atoms. The first kappa shape index (κ1) is 14.5. The number of pyridine rings is 1. The molecule has 1 heterocycles. The van der Waals surface area contributed by atoms with Crippen molar-refractivity contribution in [1.82, 2.24) is 4.57 Å². The predicted octanol–water partition coefficient (Wildman–Crippen LogP) is 2.92. The highest BCUT2D eigenvalue weighted by atomic mass is 16.1. The van der Waals surface area contributed by atoms with Crippen LogP contribution in [0.3, 0.4) is 0 Å². The predicted molar refractivity (Wildman–Crippen MR) is 82.9 cm³/mol. The molecule has 1 aromatic heterocycles. The minimum Gasteiger partial charge on any atom is -0.320 e. The lowest BCUT2D eigenvalue weighted by Crippen LogP contribution is -2.31. The number of hydrogen-bond acceptors (Lipinski definition) is 2. The lowest BCUT2D eigenvalue weighted by Gasteiger charge is -2.18. The first-order chi connectivity index (χ1) is 9.56. The smallest absolute Gasteiger partial charge is 0.256 e. The molecule has 2 aromatic rings. The van der Waals surface area contributed by atoms with Crippen LogP contribution in [0.15, 0.2) is 41.2 Å². The highest BCUT2D eigenvalue weighted by Gasteiger charge is 2.17. The number of nitrogens with zero attached hydrogens (tertiary/aromatic N) is 1. The Hall–Kier alpha value is -1.87. The highest BCUT2D eigenvalue weighted by Crippen LogP contribution is 2.20. The second-order valence-electron chi connectivity index (χ2n) is 5.23. The van der Waals surface area contributed by atoms with Gasteiger partial charge in [-0.1, -0.05) is 37.3 Å². The summed E-state index contributed by atoms with van der Waals surface area (Å²) in [5.41, 5.74) is 10.0. The molecule has 1 aromatic carbocycles. The van der Waals surface area contributed by atoms with Crippen LogP contribution in [0, 0.1) is 13.8 Å². The van der Waals surface area contributed by atoms with Gasteiger partial charge in [-0.25, -0.2) is 0 Å². The van der Waals surface area contributed by atoms with Gasteiger partial charge in [-0.15, -0.1) is 0 Å². The summed E-state index contributed by atoms with van der Waals surface area (Å²) >= 11 is 0. The van der Waals surface area contributed by atoms with Crippen molar-refractivity contribution in [1.29, 1.82) is 0 Å². The van der Waals surface area contributed by atoms with Crippen LogP contribution in [-0.2, 0) is 6.54 Å². The van der Waals surface area contributed by atoms with Crippen molar-refractivity contribution >= 4 is 0 Å². The van der Waals surface area contributed by atoms with Gasteiger partial charge in [0.2, 0.25) is 0 Å². The van der Waals surface area contributed by atoms with Crippen LogP contribution in [0.1, 0.15) is 41.8 Å². The number of benzene rings is 1. The van der Waals surface area contributed by atoms with Gasteiger partial charge in [0.05, 0.1) is 6.04 Å². The largest absolute Gasteiger partial charge is 0.320 e. The van der Waals surface area contributed by atoms with E-state index < -0.39 is 0 Å². The lowest BCUT2D eigenvalue weighted by atomic mass is 9.96. The van der Waals surface area contributed by atoms with Gasteiger partial charge in [0.1, 0.15) is 0 Å². The molecule has 3 nitrogen and oxygen atoms in total. The zero-order valence-electron chi connectivity index (χ0n) is 12.4. The topological polar surface area (TPSA) is 48.0 Å². The molecular formula is C17H22N2O. The van der Waals surface area contributed by atoms with Crippen LogP contribution in [0.4, 0.5) is 0 Å². The molecule has 2 N–H and O–H groups in total. The second-order valence-corrected chi connectivity index (χ2v) is 5.23. The van der Waals surface area contributed by atoms with Crippen molar-refractivity contribution in [3.8, 4) is 0 Å². The molecule has 0 aliphatic carbocycles. The quantitative estimate of drug-likeness (QED) is 0.928.